The quantitative estimate of drug-likeness (QED) is 0.507. The van der Waals surface area contributed by atoms with E-state index in [1.165, 1.54) is 32.1 Å². The summed E-state index contributed by atoms with van der Waals surface area (Å²) in [5.74, 6) is 4.59. The van der Waals surface area contributed by atoms with Crippen molar-refractivity contribution in [2.75, 3.05) is 30.0 Å². The first-order valence-electron chi connectivity index (χ1n) is 13.6. The van der Waals surface area contributed by atoms with Crippen LogP contribution in [0.5, 0.6) is 5.75 Å². The standard InChI is InChI=1S/C30H33N5O2/c1-37-25-8-6-21(7-9-25)24-17-31-29(32-18-24)34-10-11-35(27-5-3-2-4-26(27)34)30(36)33-28-22-13-19-12-20(15-22)16-23(28)14-19/h2-9,17-20,22-23,28H,10-16H2,1H3,(H,33,36). The van der Waals surface area contributed by atoms with Gasteiger partial charge in [-0.25, -0.2) is 14.8 Å². The van der Waals surface area contributed by atoms with Crippen LogP contribution in [0.25, 0.3) is 11.1 Å². The van der Waals surface area contributed by atoms with Crippen LogP contribution in [0.3, 0.4) is 0 Å². The summed E-state index contributed by atoms with van der Waals surface area (Å²) in [6, 6.07) is 16.4. The summed E-state index contributed by atoms with van der Waals surface area (Å²) < 4.78 is 5.26. The van der Waals surface area contributed by atoms with E-state index in [1.807, 2.05) is 59.8 Å². The number of urea groups is 1. The number of amides is 2. The third-order valence-electron chi connectivity index (χ3n) is 9.08. The average Bonchev–Trinajstić information content (AvgIpc) is 2.94. The normalized spacial score (nSPS) is 27.6. The number of aromatic nitrogens is 2. The number of nitrogens with zero attached hydrogens (tertiary/aromatic N) is 4. The van der Waals surface area contributed by atoms with E-state index in [4.69, 9.17) is 14.7 Å². The van der Waals surface area contributed by atoms with Gasteiger partial charge in [0.05, 0.1) is 18.5 Å². The number of carbonyl (C=O) groups excluding carboxylic acids is 1. The van der Waals surface area contributed by atoms with Gasteiger partial charge in [0.15, 0.2) is 0 Å². The van der Waals surface area contributed by atoms with E-state index in [0.29, 0.717) is 36.9 Å². The molecule has 0 radical (unpaired) electrons. The van der Waals surface area contributed by atoms with Crippen molar-refractivity contribution in [3.63, 3.8) is 0 Å². The zero-order valence-corrected chi connectivity index (χ0v) is 21.2. The second-order valence-corrected chi connectivity index (χ2v) is 11.2. The van der Waals surface area contributed by atoms with Gasteiger partial charge in [0.25, 0.3) is 0 Å². The molecule has 8 rings (SSSR count). The highest BCUT2D eigenvalue weighted by Crippen LogP contribution is 2.53. The lowest BCUT2D eigenvalue weighted by Crippen LogP contribution is -2.59. The summed E-state index contributed by atoms with van der Waals surface area (Å²) in [6.07, 6.45) is 10.3. The van der Waals surface area contributed by atoms with Crippen LogP contribution in [0.4, 0.5) is 22.1 Å². The minimum Gasteiger partial charge on any atom is -0.497 e. The first-order chi connectivity index (χ1) is 18.2. The largest absolute Gasteiger partial charge is 0.497 e. The first-order valence-corrected chi connectivity index (χ1v) is 13.6. The second-order valence-electron chi connectivity index (χ2n) is 11.2. The van der Waals surface area contributed by atoms with Crippen LogP contribution in [0.2, 0.25) is 0 Å². The van der Waals surface area contributed by atoms with Crippen molar-refractivity contribution < 1.29 is 9.53 Å². The van der Waals surface area contributed by atoms with Gasteiger partial charge in [0.1, 0.15) is 5.75 Å². The highest BCUT2D eigenvalue weighted by molar-refractivity contribution is 5.97. The smallest absolute Gasteiger partial charge is 0.322 e. The number of ether oxygens (including phenoxy) is 1. The summed E-state index contributed by atoms with van der Waals surface area (Å²) in [5.41, 5.74) is 3.87. The van der Waals surface area contributed by atoms with E-state index in [-0.39, 0.29) is 6.03 Å². The minimum absolute atomic E-state index is 0.0420. The van der Waals surface area contributed by atoms with Crippen LogP contribution < -0.4 is 19.9 Å². The van der Waals surface area contributed by atoms with Crippen molar-refractivity contribution >= 4 is 23.4 Å². The minimum atomic E-state index is 0.0420. The Labute approximate surface area is 217 Å². The summed E-state index contributed by atoms with van der Waals surface area (Å²) in [6.45, 7) is 1.24. The van der Waals surface area contributed by atoms with E-state index < -0.39 is 0 Å². The third kappa shape index (κ3) is 4.01. The summed E-state index contributed by atoms with van der Waals surface area (Å²) in [5, 5.41) is 3.49. The molecule has 4 saturated carbocycles. The molecule has 1 N–H and O–H groups in total. The van der Waals surface area contributed by atoms with Crippen LogP contribution in [0, 0.1) is 23.7 Å². The lowest BCUT2D eigenvalue weighted by atomic mass is 9.54. The molecule has 0 spiro atoms. The fraction of sp³-hybridized carbons (Fsp3) is 0.433. The van der Waals surface area contributed by atoms with Gasteiger partial charge in [-0.3, -0.25) is 4.90 Å². The molecule has 2 heterocycles. The lowest BCUT2D eigenvalue weighted by molar-refractivity contribution is -0.00911. The van der Waals surface area contributed by atoms with Gasteiger partial charge in [0, 0.05) is 37.1 Å². The number of para-hydroxylation sites is 2. The molecule has 0 unspecified atom stereocenters. The predicted octanol–water partition coefficient (Wildman–Crippen LogP) is 5.64. The highest BCUT2D eigenvalue weighted by Gasteiger charge is 2.49. The molecule has 4 aliphatic carbocycles. The zero-order valence-electron chi connectivity index (χ0n) is 21.2. The molecule has 5 aliphatic rings. The van der Waals surface area contributed by atoms with Gasteiger partial charge in [-0.15, -0.1) is 0 Å². The van der Waals surface area contributed by atoms with E-state index in [1.54, 1.807) is 7.11 Å². The van der Waals surface area contributed by atoms with E-state index >= 15 is 0 Å². The summed E-state index contributed by atoms with van der Waals surface area (Å²) in [7, 11) is 1.66. The van der Waals surface area contributed by atoms with Crippen LogP contribution in [-0.2, 0) is 0 Å². The molecular formula is C30H33N5O2. The molecule has 7 heteroatoms. The number of methoxy groups -OCH3 is 1. The molecule has 0 saturated heterocycles. The van der Waals surface area contributed by atoms with Crippen molar-refractivity contribution in [2.45, 2.75) is 38.1 Å². The Hall–Kier alpha value is -3.61. The van der Waals surface area contributed by atoms with Crippen LogP contribution in [0.15, 0.2) is 60.9 Å². The van der Waals surface area contributed by atoms with Crippen LogP contribution >= 0.6 is 0 Å². The Morgan fingerprint density at radius 2 is 1.49 bits per heavy atom. The van der Waals surface area contributed by atoms with Crippen molar-refractivity contribution in [3.05, 3.63) is 60.9 Å². The Morgan fingerprint density at radius 3 is 2.14 bits per heavy atom. The maximum Gasteiger partial charge on any atom is 0.322 e. The fourth-order valence-corrected chi connectivity index (χ4v) is 7.55. The number of fused-ring (bicyclic) bond motifs is 1. The maximum absolute atomic E-state index is 13.6. The molecular weight excluding hydrogens is 462 g/mol. The van der Waals surface area contributed by atoms with Gasteiger partial charge in [0.2, 0.25) is 5.95 Å². The molecule has 4 fully saturated rings. The topological polar surface area (TPSA) is 70.6 Å². The molecule has 37 heavy (non-hydrogen) atoms. The van der Waals surface area contributed by atoms with E-state index in [2.05, 4.69) is 16.3 Å². The molecule has 0 atom stereocenters. The molecule has 2 aromatic carbocycles. The van der Waals surface area contributed by atoms with Gasteiger partial charge in [-0.05, 0) is 85.6 Å². The molecule has 1 aliphatic heterocycles. The van der Waals surface area contributed by atoms with Gasteiger partial charge >= 0.3 is 6.03 Å². The number of benzene rings is 2. The van der Waals surface area contributed by atoms with E-state index in [9.17, 15) is 4.79 Å². The van der Waals surface area contributed by atoms with Crippen LogP contribution in [-0.4, -0.2) is 42.2 Å². The summed E-state index contributed by atoms with van der Waals surface area (Å²) >= 11 is 0. The van der Waals surface area contributed by atoms with Gasteiger partial charge < -0.3 is 15.0 Å². The Balaban J connectivity index is 1.10. The van der Waals surface area contributed by atoms with Gasteiger partial charge in [-0.1, -0.05) is 24.3 Å². The Bertz CT molecular complexity index is 1260. The van der Waals surface area contributed by atoms with Crippen molar-refractivity contribution in [1.29, 1.82) is 0 Å². The predicted molar refractivity (Wildman–Crippen MR) is 144 cm³/mol. The van der Waals surface area contributed by atoms with Crippen molar-refractivity contribution in [1.82, 2.24) is 15.3 Å². The molecule has 7 nitrogen and oxygen atoms in total. The lowest BCUT2D eigenvalue weighted by Gasteiger charge is -2.54. The Kier molecular flexibility index (Phi) is 5.52. The maximum atomic E-state index is 13.6. The average molecular weight is 496 g/mol. The molecule has 2 amide bonds. The van der Waals surface area contributed by atoms with Gasteiger partial charge in [-0.2, -0.15) is 0 Å². The highest BCUT2D eigenvalue weighted by atomic mass is 16.5. The monoisotopic (exact) mass is 495 g/mol. The summed E-state index contributed by atoms with van der Waals surface area (Å²) in [4.78, 5) is 27.0. The second kappa shape index (κ2) is 9.05. The number of carbonyl (C=O) groups is 1. The van der Waals surface area contributed by atoms with Crippen molar-refractivity contribution in [3.8, 4) is 16.9 Å². The zero-order chi connectivity index (χ0) is 24.9. The SMILES string of the molecule is COc1ccc(-c2cnc(N3CCN(C(=O)NC4C5CC6CC(C5)CC4C6)c4ccccc43)nc2)cc1. The Morgan fingerprint density at radius 1 is 0.838 bits per heavy atom. The number of rotatable bonds is 4. The molecule has 1 aromatic heterocycles. The molecule has 190 valence electrons. The van der Waals surface area contributed by atoms with Crippen LogP contribution in [0.1, 0.15) is 32.1 Å². The number of hydrogen-bond acceptors (Lipinski definition) is 5. The number of anilines is 3. The van der Waals surface area contributed by atoms with E-state index in [0.717, 1.165) is 40.1 Å². The van der Waals surface area contributed by atoms with Crippen molar-refractivity contribution in [2.24, 2.45) is 23.7 Å². The number of nitrogens with one attached hydrogen (secondary N) is 1. The first kappa shape index (κ1) is 22.6. The fourth-order valence-electron chi connectivity index (χ4n) is 7.55. The molecule has 4 bridgehead atoms. The number of hydrogen-bond donors (Lipinski definition) is 1. The molecule has 3 aromatic rings. The third-order valence-corrected chi connectivity index (χ3v) is 9.08.